The molecular weight excluding hydrogens is 226 g/mol. The third-order valence-electron chi connectivity index (χ3n) is 2.97. The number of nitrogens with zero attached hydrogens (tertiary/aromatic N) is 2. The molecule has 0 bridgehead atoms. The van der Waals surface area contributed by atoms with Crippen molar-refractivity contribution in [2.75, 3.05) is 0 Å². The van der Waals surface area contributed by atoms with Crippen LogP contribution in [0.2, 0.25) is 0 Å². The number of rotatable bonds is 3. The monoisotopic (exact) mass is 243 g/mol. The number of carbonyl (C=O) groups is 1. The van der Waals surface area contributed by atoms with Gasteiger partial charge in [0.25, 0.3) is 5.91 Å². The molecule has 0 atom stereocenters. The molecule has 1 aromatic carbocycles. The quantitative estimate of drug-likeness (QED) is 0.895. The summed E-state index contributed by atoms with van der Waals surface area (Å²) in [6, 6.07) is 7.60. The van der Waals surface area contributed by atoms with Gasteiger partial charge in [0.05, 0.1) is 12.2 Å². The van der Waals surface area contributed by atoms with E-state index in [1.807, 2.05) is 51.4 Å². The van der Waals surface area contributed by atoms with Gasteiger partial charge in [-0.1, -0.05) is 6.07 Å². The Morgan fingerprint density at radius 1 is 1.28 bits per heavy atom. The molecule has 0 aliphatic carbocycles. The summed E-state index contributed by atoms with van der Waals surface area (Å²) in [6.45, 7) is 4.49. The highest BCUT2D eigenvalue weighted by Gasteiger charge is 2.07. The van der Waals surface area contributed by atoms with Crippen molar-refractivity contribution in [3.05, 3.63) is 52.8 Å². The van der Waals surface area contributed by atoms with Crippen LogP contribution in [-0.4, -0.2) is 15.7 Å². The molecular formula is C14H17N3O. The van der Waals surface area contributed by atoms with Gasteiger partial charge < -0.3 is 5.32 Å². The van der Waals surface area contributed by atoms with Gasteiger partial charge in [-0.3, -0.25) is 9.48 Å². The third-order valence-corrected chi connectivity index (χ3v) is 2.97. The van der Waals surface area contributed by atoms with E-state index in [1.165, 1.54) is 5.56 Å². The van der Waals surface area contributed by atoms with E-state index in [0.29, 0.717) is 12.1 Å². The summed E-state index contributed by atoms with van der Waals surface area (Å²) < 4.78 is 1.72. The summed E-state index contributed by atoms with van der Waals surface area (Å²) in [5.41, 5.74) is 3.86. The van der Waals surface area contributed by atoms with Gasteiger partial charge in [0.15, 0.2) is 0 Å². The first-order chi connectivity index (χ1) is 8.56. The third kappa shape index (κ3) is 2.77. The second kappa shape index (κ2) is 5.04. The standard InChI is InChI=1S/C14H17N3O/c1-10-4-5-12(8-11(10)2)14(18)15-9-13-6-7-17(3)16-13/h4-8H,9H2,1-3H3,(H,15,18). The Morgan fingerprint density at radius 2 is 2.06 bits per heavy atom. The van der Waals surface area contributed by atoms with Crippen LogP contribution in [-0.2, 0) is 13.6 Å². The number of amides is 1. The maximum atomic E-state index is 11.9. The normalized spacial score (nSPS) is 10.4. The first kappa shape index (κ1) is 12.4. The van der Waals surface area contributed by atoms with Gasteiger partial charge in [-0.15, -0.1) is 0 Å². The summed E-state index contributed by atoms with van der Waals surface area (Å²) in [5.74, 6) is -0.0660. The first-order valence-corrected chi connectivity index (χ1v) is 5.90. The Labute approximate surface area is 107 Å². The zero-order valence-corrected chi connectivity index (χ0v) is 10.9. The fraction of sp³-hybridized carbons (Fsp3) is 0.286. The number of hydrogen-bond acceptors (Lipinski definition) is 2. The number of carbonyl (C=O) groups excluding carboxylic acids is 1. The molecule has 0 radical (unpaired) electrons. The fourth-order valence-electron chi connectivity index (χ4n) is 1.71. The minimum Gasteiger partial charge on any atom is -0.346 e. The van der Waals surface area contributed by atoms with Crippen LogP contribution in [0.3, 0.4) is 0 Å². The molecule has 0 saturated carbocycles. The molecule has 1 amide bonds. The number of hydrogen-bond donors (Lipinski definition) is 1. The van der Waals surface area contributed by atoms with E-state index < -0.39 is 0 Å². The molecule has 0 saturated heterocycles. The highest BCUT2D eigenvalue weighted by Crippen LogP contribution is 2.09. The summed E-state index contributed by atoms with van der Waals surface area (Å²) >= 11 is 0. The number of aryl methyl sites for hydroxylation is 3. The van der Waals surface area contributed by atoms with E-state index >= 15 is 0 Å². The van der Waals surface area contributed by atoms with Crippen LogP contribution in [0.1, 0.15) is 27.2 Å². The minimum absolute atomic E-state index is 0.0660. The molecule has 18 heavy (non-hydrogen) atoms. The van der Waals surface area contributed by atoms with E-state index in [4.69, 9.17) is 0 Å². The van der Waals surface area contributed by atoms with Crippen molar-refractivity contribution in [2.45, 2.75) is 20.4 Å². The van der Waals surface area contributed by atoms with Crippen molar-refractivity contribution in [1.82, 2.24) is 15.1 Å². The van der Waals surface area contributed by atoms with Crippen LogP contribution in [0.25, 0.3) is 0 Å². The Morgan fingerprint density at radius 3 is 2.67 bits per heavy atom. The van der Waals surface area contributed by atoms with E-state index in [0.717, 1.165) is 11.3 Å². The molecule has 0 spiro atoms. The SMILES string of the molecule is Cc1ccc(C(=O)NCc2ccn(C)n2)cc1C. The van der Waals surface area contributed by atoms with E-state index in [2.05, 4.69) is 10.4 Å². The average molecular weight is 243 g/mol. The molecule has 0 aliphatic rings. The lowest BCUT2D eigenvalue weighted by atomic mass is 10.1. The van der Waals surface area contributed by atoms with Gasteiger partial charge in [0.2, 0.25) is 0 Å². The van der Waals surface area contributed by atoms with Crippen molar-refractivity contribution in [1.29, 1.82) is 0 Å². The Bertz CT molecular complexity index is 572. The van der Waals surface area contributed by atoms with E-state index in [-0.39, 0.29) is 5.91 Å². The molecule has 1 heterocycles. The summed E-state index contributed by atoms with van der Waals surface area (Å²) in [7, 11) is 1.86. The predicted octanol–water partition coefficient (Wildman–Crippen LogP) is 1.97. The summed E-state index contributed by atoms with van der Waals surface area (Å²) in [4.78, 5) is 11.9. The van der Waals surface area contributed by atoms with Gasteiger partial charge in [0.1, 0.15) is 0 Å². The van der Waals surface area contributed by atoms with E-state index in [9.17, 15) is 4.79 Å². The molecule has 0 unspecified atom stereocenters. The Hall–Kier alpha value is -2.10. The maximum absolute atomic E-state index is 11.9. The largest absolute Gasteiger partial charge is 0.346 e. The summed E-state index contributed by atoms with van der Waals surface area (Å²) in [5, 5.41) is 7.07. The Kier molecular flexibility index (Phi) is 3.46. The van der Waals surface area contributed by atoms with Crippen LogP contribution >= 0.6 is 0 Å². The van der Waals surface area contributed by atoms with Crippen molar-refractivity contribution < 1.29 is 4.79 Å². The minimum atomic E-state index is -0.0660. The van der Waals surface area contributed by atoms with Crippen LogP contribution in [0.5, 0.6) is 0 Å². The molecule has 0 fully saturated rings. The van der Waals surface area contributed by atoms with Crippen LogP contribution in [0.15, 0.2) is 30.5 Å². The van der Waals surface area contributed by atoms with Gasteiger partial charge in [0, 0.05) is 18.8 Å². The highest BCUT2D eigenvalue weighted by molar-refractivity contribution is 5.94. The average Bonchev–Trinajstić information content (AvgIpc) is 2.75. The second-order valence-corrected chi connectivity index (χ2v) is 4.46. The van der Waals surface area contributed by atoms with Crippen molar-refractivity contribution in [2.24, 2.45) is 7.05 Å². The van der Waals surface area contributed by atoms with Crippen molar-refractivity contribution >= 4 is 5.91 Å². The number of benzene rings is 1. The van der Waals surface area contributed by atoms with Gasteiger partial charge in [-0.05, 0) is 43.2 Å². The van der Waals surface area contributed by atoms with Crippen LogP contribution in [0.4, 0.5) is 0 Å². The van der Waals surface area contributed by atoms with Gasteiger partial charge in [-0.25, -0.2) is 0 Å². The molecule has 0 aliphatic heterocycles. The molecule has 1 N–H and O–H groups in total. The smallest absolute Gasteiger partial charge is 0.251 e. The van der Waals surface area contributed by atoms with Crippen molar-refractivity contribution in [3.8, 4) is 0 Å². The molecule has 4 heteroatoms. The molecule has 2 aromatic rings. The van der Waals surface area contributed by atoms with E-state index in [1.54, 1.807) is 4.68 Å². The molecule has 2 rings (SSSR count). The fourth-order valence-corrected chi connectivity index (χ4v) is 1.71. The lowest BCUT2D eigenvalue weighted by molar-refractivity contribution is 0.0950. The van der Waals surface area contributed by atoms with Crippen molar-refractivity contribution in [3.63, 3.8) is 0 Å². The zero-order valence-electron chi connectivity index (χ0n) is 10.9. The predicted molar refractivity (Wildman–Crippen MR) is 70.3 cm³/mol. The molecule has 4 nitrogen and oxygen atoms in total. The Balaban J connectivity index is 2.01. The van der Waals surface area contributed by atoms with Crippen LogP contribution in [0, 0.1) is 13.8 Å². The topological polar surface area (TPSA) is 46.9 Å². The molecule has 1 aromatic heterocycles. The number of nitrogens with one attached hydrogen (secondary N) is 1. The van der Waals surface area contributed by atoms with Crippen LogP contribution < -0.4 is 5.32 Å². The van der Waals surface area contributed by atoms with Gasteiger partial charge in [-0.2, -0.15) is 5.10 Å². The van der Waals surface area contributed by atoms with Gasteiger partial charge >= 0.3 is 0 Å². The number of aromatic nitrogens is 2. The second-order valence-electron chi connectivity index (χ2n) is 4.46. The lowest BCUT2D eigenvalue weighted by Gasteiger charge is -2.06. The molecule has 94 valence electrons. The highest BCUT2D eigenvalue weighted by atomic mass is 16.1. The summed E-state index contributed by atoms with van der Waals surface area (Å²) in [6.07, 6.45) is 1.86. The lowest BCUT2D eigenvalue weighted by Crippen LogP contribution is -2.23. The maximum Gasteiger partial charge on any atom is 0.251 e. The zero-order chi connectivity index (χ0) is 13.1. The first-order valence-electron chi connectivity index (χ1n) is 5.90.